The summed E-state index contributed by atoms with van der Waals surface area (Å²) in [6, 6.07) is -0.761. The first-order valence-corrected chi connectivity index (χ1v) is 3.64. The van der Waals surface area contributed by atoms with E-state index >= 15 is 0 Å². The zero-order chi connectivity index (χ0) is 8.43. The predicted molar refractivity (Wildman–Crippen MR) is 38.0 cm³/mol. The summed E-state index contributed by atoms with van der Waals surface area (Å²) >= 11 is 0. The van der Waals surface area contributed by atoms with E-state index in [9.17, 15) is 9.59 Å². The lowest BCUT2D eigenvalue weighted by Gasteiger charge is -2.07. The number of carboxylic acids is 1. The van der Waals surface area contributed by atoms with E-state index in [1.807, 2.05) is 0 Å². The van der Waals surface area contributed by atoms with Crippen molar-refractivity contribution in [2.45, 2.75) is 25.8 Å². The number of hydrogen-bond acceptors (Lipinski definition) is 2. The summed E-state index contributed by atoms with van der Waals surface area (Å²) in [5, 5.41) is 10.8. The second-order valence-corrected chi connectivity index (χ2v) is 2.84. The molecule has 0 unspecified atom stereocenters. The van der Waals surface area contributed by atoms with Crippen LogP contribution in [0.4, 0.5) is 0 Å². The van der Waals surface area contributed by atoms with Gasteiger partial charge in [-0.3, -0.25) is 9.59 Å². The Kier molecular flexibility index (Phi) is 2.12. The van der Waals surface area contributed by atoms with Crippen LogP contribution in [0.2, 0.25) is 0 Å². The van der Waals surface area contributed by atoms with E-state index in [4.69, 9.17) is 5.11 Å². The molecule has 0 aromatic heterocycles. The predicted octanol–water partition coefficient (Wildman–Crippen LogP) is -0.0143. The molecule has 62 valence electrons. The van der Waals surface area contributed by atoms with Gasteiger partial charge in [0, 0.05) is 5.92 Å². The molecule has 0 aliphatic heterocycles. The lowest BCUT2D eigenvalue weighted by Crippen LogP contribution is -2.39. The fourth-order valence-electron chi connectivity index (χ4n) is 0.738. The number of carboxylic acid groups (broad SMARTS) is 1. The summed E-state index contributed by atoms with van der Waals surface area (Å²) in [5.74, 6) is -1.03. The van der Waals surface area contributed by atoms with Crippen LogP contribution in [0.1, 0.15) is 19.8 Å². The lowest BCUT2D eigenvalue weighted by molar-refractivity contribution is -0.141. The second kappa shape index (κ2) is 2.90. The van der Waals surface area contributed by atoms with Crippen LogP contribution in [-0.2, 0) is 9.59 Å². The molecular weight excluding hydrogens is 146 g/mol. The average Bonchev–Trinajstić information content (AvgIpc) is 2.67. The minimum atomic E-state index is -0.987. The van der Waals surface area contributed by atoms with Gasteiger partial charge in [0.25, 0.3) is 0 Å². The highest BCUT2D eigenvalue weighted by Gasteiger charge is 2.31. The maximum Gasteiger partial charge on any atom is 0.325 e. The number of carbonyl (C=O) groups is 2. The number of rotatable bonds is 3. The Bertz CT molecular complexity index is 186. The molecule has 4 heteroatoms. The molecule has 1 amide bonds. The Hall–Kier alpha value is -1.06. The highest BCUT2D eigenvalue weighted by atomic mass is 16.4. The van der Waals surface area contributed by atoms with Gasteiger partial charge in [-0.2, -0.15) is 0 Å². The minimum absolute atomic E-state index is 0.0804. The van der Waals surface area contributed by atoms with Crippen LogP contribution in [0.25, 0.3) is 0 Å². The van der Waals surface area contributed by atoms with Crippen LogP contribution in [0.5, 0.6) is 0 Å². The normalized spacial score (nSPS) is 19.0. The molecular formula is C7H11NO3. The van der Waals surface area contributed by atoms with E-state index in [1.165, 1.54) is 6.92 Å². The largest absolute Gasteiger partial charge is 0.480 e. The fraction of sp³-hybridized carbons (Fsp3) is 0.714. The quantitative estimate of drug-likeness (QED) is 0.605. The van der Waals surface area contributed by atoms with E-state index in [-0.39, 0.29) is 11.8 Å². The monoisotopic (exact) mass is 157 g/mol. The Morgan fingerprint density at radius 3 is 2.45 bits per heavy atom. The smallest absolute Gasteiger partial charge is 0.325 e. The van der Waals surface area contributed by atoms with Crippen molar-refractivity contribution < 1.29 is 14.7 Å². The number of nitrogens with one attached hydrogen (secondary N) is 1. The molecule has 0 aromatic rings. The molecule has 0 bridgehead atoms. The van der Waals surface area contributed by atoms with Gasteiger partial charge in [0.15, 0.2) is 0 Å². The Morgan fingerprint density at radius 2 is 2.09 bits per heavy atom. The SMILES string of the molecule is C[C@@H](NC(=O)C1CC1)C(=O)O. The first-order valence-electron chi connectivity index (χ1n) is 3.64. The van der Waals surface area contributed by atoms with Gasteiger partial charge in [-0.05, 0) is 19.8 Å². The topological polar surface area (TPSA) is 66.4 Å². The Labute approximate surface area is 64.6 Å². The summed E-state index contributed by atoms with van der Waals surface area (Å²) in [7, 11) is 0. The summed E-state index contributed by atoms with van der Waals surface area (Å²) in [4.78, 5) is 21.2. The number of hydrogen-bond donors (Lipinski definition) is 2. The fourth-order valence-corrected chi connectivity index (χ4v) is 0.738. The molecule has 1 fully saturated rings. The van der Waals surface area contributed by atoms with Crippen molar-refractivity contribution >= 4 is 11.9 Å². The molecule has 0 heterocycles. The zero-order valence-electron chi connectivity index (χ0n) is 6.33. The number of carbonyl (C=O) groups excluding carboxylic acids is 1. The van der Waals surface area contributed by atoms with E-state index in [2.05, 4.69) is 5.32 Å². The summed E-state index contributed by atoms with van der Waals surface area (Å²) < 4.78 is 0. The molecule has 1 atom stereocenters. The average molecular weight is 157 g/mol. The van der Waals surface area contributed by atoms with Crippen molar-refractivity contribution in [1.82, 2.24) is 5.32 Å². The third-order valence-corrected chi connectivity index (χ3v) is 1.68. The van der Waals surface area contributed by atoms with Gasteiger partial charge in [-0.1, -0.05) is 0 Å². The number of amides is 1. The molecule has 1 saturated carbocycles. The maximum absolute atomic E-state index is 10.9. The molecule has 0 aromatic carbocycles. The minimum Gasteiger partial charge on any atom is -0.480 e. The van der Waals surface area contributed by atoms with Crippen molar-refractivity contribution in [3.05, 3.63) is 0 Å². The highest BCUT2D eigenvalue weighted by molar-refractivity contribution is 5.85. The van der Waals surface area contributed by atoms with Crippen molar-refractivity contribution in [2.75, 3.05) is 0 Å². The van der Waals surface area contributed by atoms with Gasteiger partial charge in [-0.25, -0.2) is 0 Å². The molecule has 11 heavy (non-hydrogen) atoms. The van der Waals surface area contributed by atoms with Gasteiger partial charge in [0.1, 0.15) is 6.04 Å². The molecule has 0 spiro atoms. The van der Waals surface area contributed by atoms with Gasteiger partial charge >= 0.3 is 5.97 Å². The third-order valence-electron chi connectivity index (χ3n) is 1.68. The standard InChI is InChI=1S/C7H11NO3/c1-4(7(10)11)8-6(9)5-2-3-5/h4-5H,2-3H2,1H3,(H,8,9)(H,10,11)/t4-/m1/s1. The third kappa shape index (κ3) is 2.22. The molecule has 0 radical (unpaired) electrons. The zero-order valence-corrected chi connectivity index (χ0v) is 6.33. The molecule has 1 aliphatic carbocycles. The highest BCUT2D eigenvalue weighted by Crippen LogP contribution is 2.28. The molecule has 2 N–H and O–H groups in total. The molecule has 1 aliphatic rings. The maximum atomic E-state index is 10.9. The van der Waals surface area contributed by atoms with Crippen LogP contribution in [0.15, 0.2) is 0 Å². The Morgan fingerprint density at radius 1 is 1.55 bits per heavy atom. The molecule has 0 saturated heterocycles. The van der Waals surface area contributed by atoms with Crippen LogP contribution in [-0.4, -0.2) is 23.0 Å². The van der Waals surface area contributed by atoms with Crippen molar-refractivity contribution in [3.8, 4) is 0 Å². The van der Waals surface area contributed by atoms with E-state index in [0.29, 0.717) is 0 Å². The van der Waals surface area contributed by atoms with Crippen LogP contribution >= 0.6 is 0 Å². The van der Waals surface area contributed by atoms with Crippen LogP contribution in [0, 0.1) is 5.92 Å². The van der Waals surface area contributed by atoms with Crippen molar-refractivity contribution in [3.63, 3.8) is 0 Å². The molecule has 4 nitrogen and oxygen atoms in total. The van der Waals surface area contributed by atoms with E-state index < -0.39 is 12.0 Å². The van der Waals surface area contributed by atoms with E-state index in [1.54, 1.807) is 0 Å². The van der Waals surface area contributed by atoms with Crippen LogP contribution in [0.3, 0.4) is 0 Å². The Balaban J connectivity index is 2.28. The molecule has 1 rings (SSSR count). The van der Waals surface area contributed by atoms with Gasteiger partial charge in [0.2, 0.25) is 5.91 Å². The summed E-state index contributed by atoms with van der Waals surface area (Å²) in [6.07, 6.45) is 1.80. The summed E-state index contributed by atoms with van der Waals surface area (Å²) in [6.45, 7) is 1.46. The first-order chi connectivity index (χ1) is 5.11. The summed E-state index contributed by atoms with van der Waals surface area (Å²) in [5.41, 5.74) is 0. The second-order valence-electron chi connectivity index (χ2n) is 2.84. The van der Waals surface area contributed by atoms with E-state index in [0.717, 1.165) is 12.8 Å². The van der Waals surface area contributed by atoms with Gasteiger partial charge in [-0.15, -0.1) is 0 Å². The number of aliphatic carboxylic acids is 1. The van der Waals surface area contributed by atoms with Gasteiger partial charge in [0.05, 0.1) is 0 Å². The lowest BCUT2D eigenvalue weighted by atomic mass is 10.3. The van der Waals surface area contributed by atoms with Crippen molar-refractivity contribution in [1.29, 1.82) is 0 Å². The van der Waals surface area contributed by atoms with Gasteiger partial charge < -0.3 is 10.4 Å². The van der Waals surface area contributed by atoms with Crippen molar-refractivity contribution in [2.24, 2.45) is 5.92 Å². The van der Waals surface area contributed by atoms with Crippen LogP contribution < -0.4 is 5.32 Å². The first kappa shape index (κ1) is 8.04.